The Morgan fingerprint density at radius 3 is 2.57 bits per heavy atom. The van der Waals surface area contributed by atoms with Crippen molar-refractivity contribution in [1.82, 2.24) is 0 Å². The van der Waals surface area contributed by atoms with E-state index < -0.39 is 0 Å². The summed E-state index contributed by atoms with van der Waals surface area (Å²) in [6, 6.07) is 11.6. The van der Waals surface area contributed by atoms with Crippen molar-refractivity contribution in [1.29, 1.82) is 0 Å². The zero-order valence-corrected chi connectivity index (χ0v) is 14.7. The van der Waals surface area contributed by atoms with Crippen molar-refractivity contribution in [3.63, 3.8) is 0 Å². The fourth-order valence-corrected chi connectivity index (χ4v) is 2.47. The molecule has 0 saturated carbocycles. The predicted molar refractivity (Wildman–Crippen MR) is 95.3 cm³/mol. The highest BCUT2D eigenvalue weighted by atomic mass is 32.1. The molecule has 0 radical (unpaired) electrons. The van der Waals surface area contributed by atoms with Crippen LogP contribution in [0.4, 0.5) is 0 Å². The normalized spacial score (nSPS) is 10.4. The molecule has 0 fully saturated rings. The van der Waals surface area contributed by atoms with E-state index in [1.165, 1.54) is 11.1 Å². The second kappa shape index (κ2) is 8.06. The van der Waals surface area contributed by atoms with Crippen LogP contribution in [0.3, 0.4) is 0 Å². The van der Waals surface area contributed by atoms with Crippen molar-refractivity contribution >= 4 is 18.6 Å². The van der Waals surface area contributed by atoms with Crippen LogP contribution in [0.1, 0.15) is 35.6 Å². The summed E-state index contributed by atoms with van der Waals surface area (Å²) in [5.41, 5.74) is 4.27. The summed E-state index contributed by atoms with van der Waals surface area (Å²) in [5, 5.41) is 0. The molecule has 2 rings (SSSR count). The lowest BCUT2D eigenvalue weighted by Crippen LogP contribution is -2.10. The number of hydrogen-bond donors (Lipinski definition) is 1. The van der Waals surface area contributed by atoms with Gasteiger partial charge in [-0.05, 0) is 48.7 Å². The van der Waals surface area contributed by atoms with Gasteiger partial charge in [-0.15, -0.1) is 0 Å². The van der Waals surface area contributed by atoms with Gasteiger partial charge in [-0.3, -0.25) is 4.79 Å². The van der Waals surface area contributed by atoms with Crippen LogP contribution in [0.15, 0.2) is 36.4 Å². The first kappa shape index (κ1) is 17.4. The molecule has 0 aliphatic heterocycles. The molecule has 0 N–H and O–H groups in total. The standard InChI is InChI=1S/C19H22O3S/c1-4-19(20)22-18-7-5-6-15(12-23)17(18)11-21-16-9-8-13(2)14(3)10-16/h5-10,23H,4,11-12H2,1-3H3. The quantitative estimate of drug-likeness (QED) is 0.476. The van der Waals surface area contributed by atoms with Crippen molar-refractivity contribution in [2.24, 2.45) is 0 Å². The van der Waals surface area contributed by atoms with E-state index in [2.05, 4.69) is 26.5 Å². The first-order chi connectivity index (χ1) is 11.0. The van der Waals surface area contributed by atoms with Gasteiger partial charge in [0.2, 0.25) is 0 Å². The average Bonchev–Trinajstić information content (AvgIpc) is 2.56. The Morgan fingerprint density at radius 2 is 1.91 bits per heavy atom. The van der Waals surface area contributed by atoms with Gasteiger partial charge in [0, 0.05) is 17.7 Å². The predicted octanol–water partition coefficient (Wildman–Crippen LogP) is 4.63. The van der Waals surface area contributed by atoms with Crippen LogP contribution in [0.2, 0.25) is 0 Å². The number of carbonyl (C=O) groups excluding carboxylic acids is 1. The van der Waals surface area contributed by atoms with E-state index in [4.69, 9.17) is 9.47 Å². The van der Waals surface area contributed by atoms with Crippen molar-refractivity contribution in [3.05, 3.63) is 58.7 Å². The van der Waals surface area contributed by atoms with Crippen molar-refractivity contribution in [3.8, 4) is 11.5 Å². The minimum Gasteiger partial charge on any atom is -0.489 e. The minimum absolute atomic E-state index is 0.256. The highest BCUT2D eigenvalue weighted by molar-refractivity contribution is 7.79. The van der Waals surface area contributed by atoms with Crippen LogP contribution in [0.5, 0.6) is 11.5 Å². The fourth-order valence-electron chi connectivity index (χ4n) is 2.17. The molecule has 0 unspecified atom stereocenters. The van der Waals surface area contributed by atoms with Crippen LogP contribution < -0.4 is 9.47 Å². The molecule has 23 heavy (non-hydrogen) atoms. The minimum atomic E-state index is -0.256. The lowest BCUT2D eigenvalue weighted by atomic mass is 10.1. The average molecular weight is 330 g/mol. The maximum atomic E-state index is 11.6. The van der Waals surface area contributed by atoms with Gasteiger partial charge in [0.25, 0.3) is 0 Å². The van der Waals surface area contributed by atoms with Crippen molar-refractivity contribution in [2.75, 3.05) is 0 Å². The summed E-state index contributed by atoms with van der Waals surface area (Å²) in [7, 11) is 0. The van der Waals surface area contributed by atoms with Gasteiger partial charge in [0.05, 0.1) is 0 Å². The Morgan fingerprint density at radius 1 is 1.13 bits per heavy atom. The van der Waals surface area contributed by atoms with Gasteiger partial charge in [0.1, 0.15) is 18.1 Å². The van der Waals surface area contributed by atoms with Gasteiger partial charge in [-0.2, -0.15) is 12.6 Å². The van der Waals surface area contributed by atoms with E-state index in [9.17, 15) is 4.79 Å². The summed E-state index contributed by atoms with van der Waals surface area (Å²) >= 11 is 4.35. The zero-order valence-electron chi connectivity index (χ0n) is 13.8. The van der Waals surface area contributed by atoms with Gasteiger partial charge >= 0.3 is 5.97 Å². The molecule has 0 aliphatic carbocycles. The van der Waals surface area contributed by atoms with E-state index >= 15 is 0 Å². The van der Waals surface area contributed by atoms with Gasteiger partial charge < -0.3 is 9.47 Å². The third-order valence-corrected chi connectivity index (χ3v) is 4.12. The van der Waals surface area contributed by atoms with Gasteiger partial charge in [-0.25, -0.2) is 0 Å². The fraction of sp³-hybridized carbons (Fsp3) is 0.316. The molecule has 3 nitrogen and oxygen atoms in total. The van der Waals surface area contributed by atoms with Crippen LogP contribution in [0, 0.1) is 13.8 Å². The van der Waals surface area contributed by atoms with Crippen LogP contribution in [-0.2, 0) is 17.2 Å². The van der Waals surface area contributed by atoms with E-state index in [0.29, 0.717) is 24.5 Å². The molecular weight excluding hydrogens is 308 g/mol. The molecule has 0 aromatic heterocycles. The monoisotopic (exact) mass is 330 g/mol. The Bertz CT molecular complexity index is 695. The number of esters is 1. The lowest BCUT2D eigenvalue weighted by molar-refractivity contribution is -0.134. The number of rotatable bonds is 6. The molecule has 0 bridgehead atoms. The molecule has 0 amide bonds. The smallest absolute Gasteiger partial charge is 0.310 e. The van der Waals surface area contributed by atoms with Crippen LogP contribution >= 0.6 is 12.6 Å². The molecular formula is C19H22O3S. The lowest BCUT2D eigenvalue weighted by Gasteiger charge is -2.15. The number of carbonyl (C=O) groups is 1. The molecule has 0 atom stereocenters. The summed E-state index contributed by atoms with van der Waals surface area (Å²) in [4.78, 5) is 11.6. The van der Waals surface area contributed by atoms with Crippen LogP contribution in [-0.4, -0.2) is 5.97 Å². The molecule has 2 aromatic rings. The van der Waals surface area contributed by atoms with E-state index in [-0.39, 0.29) is 5.97 Å². The number of thiol groups is 1. The van der Waals surface area contributed by atoms with Gasteiger partial charge in [0.15, 0.2) is 0 Å². The summed E-state index contributed by atoms with van der Waals surface area (Å²) in [6.07, 6.45) is 0.336. The Labute approximate surface area is 143 Å². The number of hydrogen-bond acceptors (Lipinski definition) is 4. The second-order valence-electron chi connectivity index (χ2n) is 5.41. The molecule has 0 spiro atoms. The topological polar surface area (TPSA) is 35.5 Å². The van der Waals surface area contributed by atoms with Gasteiger partial charge in [-0.1, -0.05) is 25.1 Å². The first-order valence-corrected chi connectivity index (χ1v) is 8.30. The highest BCUT2D eigenvalue weighted by Crippen LogP contribution is 2.27. The van der Waals surface area contributed by atoms with Crippen molar-refractivity contribution in [2.45, 2.75) is 39.6 Å². The third-order valence-electron chi connectivity index (χ3n) is 3.77. The van der Waals surface area contributed by atoms with E-state index in [1.54, 1.807) is 13.0 Å². The molecule has 4 heteroatoms. The number of aryl methyl sites for hydroxylation is 2. The Kier molecular flexibility index (Phi) is 6.11. The third kappa shape index (κ3) is 4.52. The largest absolute Gasteiger partial charge is 0.489 e. The Balaban J connectivity index is 2.22. The molecule has 0 aliphatic rings. The van der Waals surface area contributed by atoms with Crippen molar-refractivity contribution < 1.29 is 14.3 Å². The maximum absolute atomic E-state index is 11.6. The second-order valence-corrected chi connectivity index (χ2v) is 5.73. The first-order valence-electron chi connectivity index (χ1n) is 7.67. The summed E-state index contributed by atoms with van der Waals surface area (Å²) in [5.74, 6) is 1.65. The number of benzene rings is 2. The molecule has 2 aromatic carbocycles. The SMILES string of the molecule is CCC(=O)Oc1cccc(CS)c1COc1ccc(C)c(C)c1. The summed E-state index contributed by atoms with van der Waals surface area (Å²) < 4.78 is 11.3. The number of ether oxygens (including phenoxy) is 2. The van der Waals surface area contributed by atoms with Crippen LogP contribution in [0.25, 0.3) is 0 Å². The van der Waals surface area contributed by atoms with E-state index in [1.807, 2.05) is 30.3 Å². The Hall–Kier alpha value is -1.94. The summed E-state index contributed by atoms with van der Waals surface area (Å²) in [6.45, 7) is 6.23. The highest BCUT2D eigenvalue weighted by Gasteiger charge is 2.12. The zero-order chi connectivity index (χ0) is 16.8. The molecule has 0 heterocycles. The van der Waals surface area contributed by atoms with E-state index in [0.717, 1.165) is 16.9 Å². The molecule has 122 valence electrons. The maximum Gasteiger partial charge on any atom is 0.310 e. The molecule has 0 saturated heterocycles.